The molecule has 0 aliphatic heterocycles. The molecule has 1 fully saturated rings. The van der Waals surface area contributed by atoms with E-state index in [2.05, 4.69) is 20.8 Å². The second-order valence-corrected chi connectivity index (χ2v) is 6.56. The fourth-order valence-corrected chi connectivity index (χ4v) is 3.13. The van der Waals surface area contributed by atoms with Gasteiger partial charge >= 0.3 is 0 Å². The lowest BCUT2D eigenvalue weighted by molar-refractivity contribution is 0.243. The molecule has 19 heavy (non-hydrogen) atoms. The van der Waals surface area contributed by atoms with Crippen LogP contribution in [0.15, 0.2) is 12.1 Å². The molecular weight excluding hydrogens is 246 g/mol. The van der Waals surface area contributed by atoms with Gasteiger partial charge in [0.2, 0.25) is 5.82 Å². The Balaban J connectivity index is 2.27. The van der Waals surface area contributed by atoms with Gasteiger partial charge in [-0.05, 0) is 42.6 Å². The molecule has 0 radical (unpaired) electrons. The monoisotopic (exact) mass is 268 g/mol. The van der Waals surface area contributed by atoms with Gasteiger partial charge in [0.15, 0.2) is 11.6 Å². The van der Waals surface area contributed by atoms with E-state index < -0.39 is 11.6 Å². The molecule has 3 heteroatoms. The second-order valence-electron chi connectivity index (χ2n) is 6.56. The molecule has 1 aromatic rings. The van der Waals surface area contributed by atoms with Crippen LogP contribution in [0, 0.1) is 23.0 Å². The summed E-state index contributed by atoms with van der Waals surface area (Å²) in [5.74, 6) is -0.727. The molecule has 1 saturated carbocycles. The summed E-state index contributed by atoms with van der Waals surface area (Å²) in [6.45, 7) is 6.72. The topological polar surface area (TPSA) is 9.23 Å². The summed E-state index contributed by atoms with van der Waals surface area (Å²) in [7, 11) is 1.40. The highest BCUT2D eigenvalue weighted by atomic mass is 19.2. The number of hydrogen-bond donors (Lipinski definition) is 0. The van der Waals surface area contributed by atoms with Gasteiger partial charge in [-0.2, -0.15) is 4.39 Å². The zero-order chi connectivity index (χ0) is 14.2. The van der Waals surface area contributed by atoms with Crippen LogP contribution < -0.4 is 4.74 Å². The highest BCUT2D eigenvalue weighted by molar-refractivity contribution is 5.39. The Labute approximate surface area is 114 Å². The summed E-state index contributed by atoms with van der Waals surface area (Å²) in [6.07, 6.45) is 3.17. The van der Waals surface area contributed by atoms with Crippen molar-refractivity contribution in [2.24, 2.45) is 11.3 Å². The number of hydrogen-bond acceptors (Lipinski definition) is 1. The predicted molar refractivity (Wildman–Crippen MR) is 72.4 cm³/mol. The standard InChI is InChI=1S/C16H22F2O/c1-16(2,3)11-6-5-10(9-11)12-7-8-13(17)14(18)15(12)19-4/h7-8,10-11H,5-6,9H2,1-4H3. The molecule has 1 aliphatic rings. The summed E-state index contributed by atoms with van der Waals surface area (Å²) in [5, 5.41) is 0. The minimum atomic E-state index is -0.862. The Morgan fingerprint density at radius 3 is 2.37 bits per heavy atom. The molecule has 0 bridgehead atoms. The van der Waals surface area contributed by atoms with Crippen molar-refractivity contribution in [3.63, 3.8) is 0 Å². The summed E-state index contributed by atoms with van der Waals surface area (Å²) in [4.78, 5) is 0. The lowest BCUT2D eigenvalue weighted by Crippen LogP contribution is -2.17. The van der Waals surface area contributed by atoms with Crippen LogP contribution in [0.2, 0.25) is 0 Å². The first kappa shape index (κ1) is 14.3. The minimum Gasteiger partial charge on any atom is -0.493 e. The molecule has 0 spiro atoms. The van der Waals surface area contributed by atoms with E-state index in [4.69, 9.17) is 4.74 Å². The van der Waals surface area contributed by atoms with E-state index in [1.165, 1.54) is 13.2 Å². The largest absolute Gasteiger partial charge is 0.493 e. The fourth-order valence-electron chi connectivity index (χ4n) is 3.13. The highest BCUT2D eigenvalue weighted by Crippen LogP contribution is 2.48. The Morgan fingerprint density at radius 1 is 1.16 bits per heavy atom. The van der Waals surface area contributed by atoms with E-state index in [1.54, 1.807) is 6.07 Å². The normalized spacial score (nSPS) is 23.7. The van der Waals surface area contributed by atoms with Gasteiger partial charge in [-0.25, -0.2) is 4.39 Å². The van der Waals surface area contributed by atoms with Gasteiger partial charge in [-0.3, -0.25) is 0 Å². The molecule has 2 unspecified atom stereocenters. The molecule has 0 heterocycles. The Kier molecular flexibility index (Phi) is 3.84. The molecule has 1 aromatic carbocycles. The number of rotatable bonds is 2. The van der Waals surface area contributed by atoms with E-state index in [9.17, 15) is 8.78 Å². The molecule has 0 N–H and O–H groups in total. The molecule has 1 aliphatic carbocycles. The fraction of sp³-hybridized carbons (Fsp3) is 0.625. The lowest BCUT2D eigenvalue weighted by Gasteiger charge is -2.27. The molecule has 0 amide bonds. The first-order valence-electron chi connectivity index (χ1n) is 6.86. The number of methoxy groups -OCH3 is 1. The third-order valence-electron chi connectivity index (χ3n) is 4.38. The molecule has 2 rings (SSSR count). The van der Waals surface area contributed by atoms with Crippen molar-refractivity contribution in [3.05, 3.63) is 29.3 Å². The average molecular weight is 268 g/mol. The number of benzene rings is 1. The third kappa shape index (κ3) is 2.75. The van der Waals surface area contributed by atoms with E-state index in [0.717, 1.165) is 24.8 Å². The van der Waals surface area contributed by atoms with Crippen molar-refractivity contribution >= 4 is 0 Å². The van der Waals surface area contributed by atoms with Crippen molar-refractivity contribution in [1.29, 1.82) is 0 Å². The van der Waals surface area contributed by atoms with Crippen molar-refractivity contribution in [3.8, 4) is 5.75 Å². The Morgan fingerprint density at radius 2 is 1.84 bits per heavy atom. The summed E-state index contributed by atoms with van der Waals surface area (Å²) in [6, 6.07) is 2.88. The Hall–Kier alpha value is -1.12. The van der Waals surface area contributed by atoms with E-state index >= 15 is 0 Å². The maximum absolute atomic E-state index is 13.7. The second kappa shape index (κ2) is 5.10. The van der Waals surface area contributed by atoms with E-state index in [1.807, 2.05) is 0 Å². The highest BCUT2D eigenvalue weighted by Gasteiger charge is 2.35. The number of halogens is 2. The molecule has 2 atom stereocenters. The van der Waals surface area contributed by atoms with Crippen LogP contribution in [-0.2, 0) is 0 Å². The van der Waals surface area contributed by atoms with Crippen molar-refractivity contribution in [2.45, 2.75) is 46.0 Å². The summed E-state index contributed by atoms with van der Waals surface area (Å²) < 4.78 is 32.1. The van der Waals surface area contributed by atoms with Crippen LogP contribution in [-0.4, -0.2) is 7.11 Å². The van der Waals surface area contributed by atoms with Gasteiger partial charge in [0, 0.05) is 5.56 Å². The summed E-state index contributed by atoms with van der Waals surface area (Å²) in [5.41, 5.74) is 1.08. The van der Waals surface area contributed by atoms with Gasteiger partial charge in [0.05, 0.1) is 7.11 Å². The van der Waals surface area contributed by atoms with Gasteiger partial charge in [-0.15, -0.1) is 0 Å². The quantitative estimate of drug-likeness (QED) is 0.741. The van der Waals surface area contributed by atoms with Crippen molar-refractivity contribution in [2.75, 3.05) is 7.11 Å². The maximum Gasteiger partial charge on any atom is 0.200 e. The zero-order valence-electron chi connectivity index (χ0n) is 12.1. The summed E-state index contributed by atoms with van der Waals surface area (Å²) >= 11 is 0. The van der Waals surface area contributed by atoms with Crippen LogP contribution in [0.5, 0.6) is 5.75 Å². The van der Waals surface area contributed by atoms with Crippen LogP contribution >= 0.6 is 0 Å². The van der Waals surface area contributed by atoms with Crippen LogP contribution in [0.4, 0.5) is 8.78 Å². The first-order chi connectivity index (χ1) is 8.84. The lowest BCUT2D eigenvalue weighted by atomic mass is 9.79. The third-order valence-corrected chi connectivity index (χ3v) is 4.38. The van der Waals surface area contributed by atoms with Crippen LogP contribution in [0.1, 0.15) is 51.5 Å². The van der Waals surface area contributed by atoms with Gasteiger partial charge in [0.1, 0.15) is 0 Å². The SMILES string of the molecule is COc1c(C2CCC(C(C)(C)C)C2)ccc(F)c1F. The zero-order valence-corrected chi connectivity index (χ0v) is 12.1. The number of ether oxygens (including phenoxy) is 1. The van der Waals surface area contributed by atoms with Gasteiger partial charge < -0.3 is 4.74 Å². The van der Waals surface area contributed by atoms with E-state index in [0.29, 0.717) is 5.92 Å². The smallest absolute Gasteiger partial charge is 0.200 e. The Bertz CT molecular complexity index is 463. The molecule has 0 aromatic heterocycles. The van der Waals surface area contributed by atoms with Gasteiger partial charge in [0.25, 0.3) is 0 Å². The molecule has 0 saturated heterocycles. The minimum absolute atomic E-state index is 0.0829. The van der Waals surface area contributed by atoms with Crippen molar-refractivity contribution in [1.82, 2.24) is 0 Å². The maximum atomic E-state index is 13.7. The van der Waals surface area contributed by atoms with Gasteiger partial charge in [-0.1, -0.05) is 26.8 Å². The van der Waals surface area contributed by atoms with Crippen LogP contribution in [0.25, 0.3) is 0 Å². The molecule has 106 valence electrons. The predicted octanol–water partition coefficient (Wildman–Crippen LogP) is 4.90. The first-order valence-corrected chi connectivity index (χ1v) is 6.86. The molecular formula is C16H22F2O. The molecule has 1 nitrogen and oxygen atoms in total. The average Bonchev–Trinajstić information content (AvgIpc) is 2.81. The van der Waals surface area contributed by atoms with Crippen molar-refractivity contribution < 1.29 is 13.5 Å². The van der Waals surface area contributed by atoms with E-state index in [-0.39, 0.29) is 17.1 Å². The van der Waals surface area contributed by atoms with Crippen LogP contribution in [0.3, 0.4) is 0 Å².